The predicted molar refractivity (Wildman–Crippen MR) is 47.7 cm³/mol. The number of nitrogens with zero attached hydrogens (tertiary/aromatic N) is 2. The van der Waals surface area contributed by atoms with Gasteiger partial charge in [-0.15, -0.1) is 0 Å². The molecule has 11 heavy (non-hydrogen) atoms. The van der Waals surface area contributed by atoms with Crippen LogP contribution in [0.1, 0.15) is 6.92 Å². The molecule has 0 aromatic rings. The van der Waals surface area contributed by atoms with Gasteiger partial charge in [0.1, 0.15) is 5.84 Å². The van der Waals surface area contributed by atoms with E-state index in [1.54, 1.807) is 0 Å². The van der Waals surface area contributed by atoms with Crippen LogP contribution >= 0.6 is 0 Å². The minimum atomic E-state index is 0.821. The highest BCUT2D eigenvalue weighted by Crippen LogP contribution is 1.95. The molecule has 0 aromatic carbocycles. The second-order valence-corrected chi connectivity index (χ2v) is 3.04. The van der Waals surface area contributed by atoms with Crippen LogP contribution in [0.5, 0.6) is 0 Å². The van der Waals surface area contributed by atoms with Crippen LogP contribution in [0.15, 0.2) is 16.8 Å². The Morgan fingerprint density at radius 1 is 1.64 bits per heavy atom. The first-order valence-corrected chi connectivity index (χ1v) is 3.80. The molecule has 0 aliphatic carbocycles. The molecule has 0 aromatic heterocycles. The Labute approximate surface area is 67.8 Å². The number of amidine groups is 1. The Balaban J connectivity index is 2.42. The van der Waals surface area contributed by atoms with E-state index >= 15 is 0 Å². The SMILES string of the molecule is CC1=CCN=C(CN(C)C)N1. The molecule has 62 valence electrons. The van der Waals surface area contributed by atoms with E-state index in [0.29, 0.717) is 0 Å². The molecule has 0 bridgehead atoms. The van der Waals surface area contributed by atoms with Crippen LogP contribution in [0.2, 0.25) is 0 Å². The summed E-state index contributed by atoms with van der Waals surface area (Å²) in [5.41, 5.74) is 1.21. The third-order valence-corrected chi connectivity index (χ3v) is 1.49. The molecule has 3 heteroatoms. The minimum absolute atomic E-state index is 0.821. The number of nitrogens with one attached hydrogen (secondary N) is 1. The van der Waals surface area contributed by atoms with Crippen molar-refractivity contribution >= 4 is 5.84 Å². The van der Waals surface area contributed by atoms with E-state index in [1.165, 1.54) is 5.70 Å². The van der Waals surface area contributed by atoms with E-state index in [4.69, 9.17) is 0 Å². The van der Waals surface area contributed by atoms with E-state index < -0.39 is 0 Å². The molecular formula is C8H15N3. The van der Waals surface area contributed by atoms with E-state index in [2.05, 4.69) is 28.2 Å². The van der Waals surface area contributed by atoms with Crippen LogP contribution in [-0.2, 0) is 0 Å². The number of hydrogen-bond donors (Lipinski definition) is 1. The normalized spacial score (nSPS) is 17.5. The molecule has 3 nitrogen and oxygen atoms in total. The zero-order valence-electron chi connectivity index (χ0n) is 7.39. The van der Waals surface area contributed by atoms with E-state index in [9.17, 15) is 0 Å². The van der Waals surface area contributed by atoms with E-state index in [0.717, 1.165) is 18.9 Å². The van der Waals surface area contributed by atoms with Crippen molar-refractivity contribution in [3.63, 3.8) is 0 Å². The van der Waals surface area contributed by atoms with Gasteiger partial charge in [0.2, 0.25) is 0 Å². The lowest BCUT2D eigenvalue weighted by atomic mass is 10.3. The zero-order valence-corrected chi connectivity index (χ0v) is 7.39. The summed E-state index contributed by atoms with van der Waals surface area (Å²) in [7, 11) is 4.08. The topological polar surface area (TPSA) is 27.6 Å². The van der Waals surface area contributed by atoms with Gasteiger partial charge in [-0.2, -0.15) is 0 Å². The van der Waals surface area contributed by atoms with Gasteiger partial charge in [0.25, 0.3) is 0 Å². The standard InChI is InChI=1S/C8H15N3/c1-7-4-5-9-8(10-7)6-11(2)3/h4H,5-6H2,1-3H3,(H,9,10). The van der Waals surface area contributed by atoms with Crippen LogP contribution in [0.3, 0.4) is 0 Å². The Kier molecular flexibility index (Phi) is 2.65. The van der Waals surface area contributed by atoms with Crippen molar-refractivity contribution in [1.29, 1.82) is 0 Å². The molecule has 0 saturated carbocycles. The monoisotopic (exact) mass is 153 g/mol. The summed E-state index contributed by atoms with van der Waals surface area (Å²) in [6, 6.07) is 0. The van der Waals surface area contributed by atoms with Gasteiger partial charge >= 0.3 is 0 Å². The average molecular weight is 153 g/mol. The maximum absolute atomic E-state index is 4.31. The summed E-state index contributed by atoms with van der Waals surface area (Å²) in [5.74, 6) is 1.06. The van der Waals surface area contributed by atoms with Crippen molar-refractivity contribution in [2.24, 2.45) is 4.99 Å². The summed E-state index contributed by atoms with van der Waals surface area (Å²) in [6.07, 6.45) is 2.08. The Hall–Kier alpha value is -0.830. The highest BCUT2D eigenvalue weighted by molar-refractivity contribution is 5.86. The Morgan fingerprint density at radius 2 is 2.36 bits per heavy atom. The summed E-state index contributed by atoms with van der Waals surface area (Å²) in [4.78, 5) is 6.41. The molecule has 0 unspecified atom stereocenters. The van der Waals surface area contributed by atoms with Gasteiger partial charge in [-0.25, -0.2) is 0 Å². The van der Waals surface area contributed by atoms with Crippen molar-refractivity contribution in [2.45, 2.75) is 6.92 Å². The van der Waals surface area contributed by atoms with E-state index in [1.807, 2.05) is 14.1 Å². The number of aliphatic imine (C=N–C) groups is 1. The van der Waals surface area contributed by atoms with Gasteiger partial charge in [0, 0.05) is 5.70 Å². The number of hydrogen-bond acceptors (Lipinski definition) is 3. The van der Waals surface area contributed by atoms with Crippen molar-refractivity contribution in [3.05, 3.63) is 11.8 Å². The lowest BCUT2D eigenvalue weighted by molar-refractivity contribution is 0.465. The van der Waals surface area contributed by atoms with E-state index in [-0.39, 0.29) is 0 Å². The largest absolute Gasteiger partial charge is 0.347 e. The molecule has 0 amide bonds. The molecule has 1 heterocycles. The third-order valence-electron chi connectivity index (χ3n) is 1.49. The number of likely N-dealkylation sites (N-methyl/N-ethyl adjacent to an activating group) is 1. The maximum atomic E-state index is 4.31. The first kappa shape index (κ1) is 8.27. The fourth-order valence-electron chi connectivity index (χ4n) is 1.000. The summed E-state index contributed by atoms with van der Waals surface area (Å²) in [6.45, 7) is 3.78. The number of allylic oxidation sites excluding steroid dienone is 1. The van der Waals surface area contributed by atoms with Crippen molar-refractivity contribution in [1.82, 2.24) is 10.2 Å². The molecule has 0 saturated heterocycles. The average Bonchev–Trinajstić information content (AvgIpc) is 1.85. The smallest absolute Gasteiger partial charge is 0.115 e. The third kappa shape index (κ3) is 2.72. The van der Waals surface area contributed by atoms with Gasteiger partial charge in [-0.05, 0) is 27.1 Å². The van der Waals surface area contributed by atoms with Crippen LogP contribution in [0, 0.1) is 0 Å². The van der Waals surface area contributed by atoms with Crippen LogP contribution in [0.25, 0.3) is 0 Å². The van der Waals surface area contributed by atoms with Crippen molar-refractivity contribution < 1.29 is 0 Å². The lowest BCUT2D eigenvalue weighted by Gasteiger charge is -2.17. The molecule has 0 radical (unpaired) electrons. The Bertz CT molecular complexity index is 192. The second-order valence-electron chi connectivity index (χ2n) is 3.04. The van der Waals surface area contributed by atoms with Gasteiger partial charge in [-0.3, -0.25) is 4.99 Å². The molecule has 1 aliphatic rings. The predicted octanol–water partition coefficient (Wildman–Crippen LogP) is 0.454. The molecule has 0 spiro atoms. The van der Waals surface area contributed by atoms with Gasteiger partial charge in [0.05, 0.1) is 13.1 Å². The second kappa shape index (κ2) is 3.53. The highest BCUT2D eigenvalue weighted by atomic mass is 15.1. The fraction of sp³-hybridized carbons (Fsp3) is 0.625. The summed E-state index contributed by atoms with van der Waals surface area (Å²) < 4.78 is 0. The molecule has 1 aliphatic heterocycles. The molecule has 0 atom stereocenters. The Morgan fingerprint density at radius 3 is 2.91 bits per heavy atom. The highest BCUT2D eigenvalue weighted by Gasteiger charge is 2.03. The molecule has 1 N–H and O–H groups in total. The maximum Gasteiger partial charge on any atom is 0.115 e. The summed E-state index contributed by atoms with van der Waals surface area (Å²) >= 11 is 0. The molecular weight excluding hydrogens is 138 g/mol. The van der Waals surface area contributed by atoms with Gasteiger partial charge in [-0.1, -0.05) is 0 Å². The summed E-state index contributed by atoms with van der Waals surface area (Å²) in [5, 5.41) is 3.22. The lowest BCUT2D eigenvalue weighted by Crippen LogP contribution is -2.34. The molecule has 1 rings (SSSR count). The first-order valence-electron chi connectivity index (χ1n) is 3.80. The number of rotatable bonds is 2. The van der Waals surface area contributed by atoms with Crippen LogP contribution < -0.4 is 5.32 Å². The fourth-order valence-corrected chi connectivity index (χ4v) is 1.000. The van der Waals surface area contributed by atoms with Gasteiger partial charge in [0.15, 0.2) is 0 Å². The van der Waals surface area contributed by atoms with Crippen LogP contribution in [0.4, 0.5) is 0 Å². The first-order chi connectivity index (χ1) is 5.18. The molecule has 0 fully saturated rings. The quantitative estimate of drug-likeness (QED) is 0.624. The van der Waals surface area contributed by atoms with Gasteiger partial charge < -0.3 is 10.2 Å². The zero-order chi connectivity index (χ0) is 8.27. The van der Waals surface area contributed by atoms with Crippen LogP contribution in [-0.4, -0.2) is 37.9 Å². The van der Waals surface area contributed by atoms with Crippen molar-refractivity contribution in [2.75, 3.05) is 27.2 Å². The van der Waals surface area contributed by atoms with Crippen molar-refractivity contribution in [3.8, 4) is 0 Å². The minimum Gasteiger partial charge on any atom is -0.347 e.